The van der Waals surface area contributed by atoms with Gasteiger partial charge in [0.05, 0.1) is 6.04 Å². The summed E-state index contributed by atoms with van der Waals surface area (Å²) < 4.78 is 11.1. The molecule has 2 aromatic rings. The average molecular weight is 330 g/mol. The van der Waals surface area contributed by atoms with E-state index in [1.54, 1.807) is 23.6 Å². The van der Waals surface area contributed by atoms with Crippen molar-refractivity contribution in [3.8, 4) is 11.5 Å². The first kappa shape index (κ1) is 14.5. The van der Waals surface area contributed by atoms with E-state index in [2.05, 4.69) is 4.98 Å². The lowest BCUT2D eigenvalue weighted by atomic mass is 10.0. The van der Waals surface area contributed by atoms with Crippen molar-refractivity contribution in [2.45, 2.75) is 25.3 Å². The first-order chi connectivity index (χ1) is 11.3. The van der Waals surface area contributed by atoms with E-state index in [-0.39, 0.29) is 11.9 Å². The molecule has 1 aromatic carbocycles. The van der Waals surface area contributed by atoms with Crippen LogP contribution in [0.2, 0.25) is 0 Å². The van der Waals surface area contributed by atoms with Gasteiger partial charge in [0.1, 0.15) is 18.2 Å². The fourth-order valence-corrected chi connectivity index (χ4v) is 3.96. The number of benzene rings is 1. The predicted octanol–water partition coefficient (Wildman–Crippen LogP) is 3.28. The van der Waals surface area contributed by atoms with Crippen molar-refractivity contribution in [2.75, 3.05) is 19.8 Å². The number of thiazole rings is 1. The van der Waals surface area contributed by atoms with Crippen LogP contribution >= 0.6 is 11.3 Å². The van der Waals surface area contributed by atoms with Gasteiger partial charge in [-0.25, -0.2) is 4.98 Å². The van der Waals surface area contributed by atoms with Crippen LogP contribution in [-0.2, 0) is 0 Å². The number of likely N-dealkylation sites (tertiary alicyclic amines) is 1. The molecular formula is C17H18N2O3S. The first-order valence-electron chi connectivity index (χ1n) is 7.93. The van der Waals surface area contributed by atoms with Crippen LogP contribution in [0.1, 0.15) is 40.7 Å². The number of amides is 1. The Morgan fingerprint density at radius 1 is 1.22 bits per heavy atom. The maximum atomic E-state index is 13.0. The van der Waals surface area contributed by atoms with Gasteiger partial charge >= 0.3 is 0 Å². The Hall–Kier alpha value is -2.08. The molecule has 1 saturated heterocycles. The van der Waals surface area contributed by atoms with Crippen LogP contribution in [0.3, 0.4) is 0 Å². The summed E-state index contributed by atoms with van der Waals surface area (Å²) >= 11 is 1.62. The Morgan fingerprint density at radius 2 is 2.09 bits per heavy atom. The summed E-state index contributed by atoms with van der Waals surface area (Å²) in [4.78, 5) is 19.4. The zero-order chi connectivity index (χ0) is 15.6. The molecule has 2 aliphatic heterocycles. The van der Waals surface area contributed by atoms with Crippen molar-refractivity contribution in [1.29, 1.82) is 0 Å². The van der Waals surface area contributed by atoms with Crippen LogP contribution in [0.25, 0.3) is 0 Å². The number of hydrogen-bond acceptors (Lipinski definition) is 5. The number of carbonyl (C=O) groups is 1. The van der Waals surface area contributed by atoms with Gasteiger partial charge in [0, 0.05) is 23.7 Å². The maximum Gasteiger partial charge on any atom is 0.254 e. The number of carbonyl (C=O) groups excluding carboxylic acids is 1. The van der Waals surface area contributed by atoms with E-state index in [1.807, 2.05) is 22.4 Å². The summed E-state index contributed by atoms with van der Waals surface area (Å²) in [5.41, 5.74) is 0.651. The molecule has 4 rings (SSSR count). The third-order valence-corrected chi connectivity index (χ3v) is 5.17. The lowest BCUT2D eigenvalue weighted by molar-refractivity contribution is 0.0610. The highest BCUT2D eigenvalue weighted by molar-refractivity contribution is 7.09. The molecule has 0 radical (unpaired) electrons. The molecule has 0 N–H and O–H groups in total. The van der Waals surface area contributed by atoms with Gasteiger partial charge in [-0.1, -0.05) is 0 Å². The Balaban J connectivity index is 1.62. The van der Waals surface area contributed by atoms with Crippen LogP contribution in [0.5, 0.6) is 11.5 Å². The van der Waals surface area contributed by atoms with Gasteiger partial charge in [-0.05, 0) is 37.5 Å². The second kappa shape index (κ2) is 6.20. The largest absolute Gasteiger partial charge is 0.486 e. The zero-order valence-electron chi connectivity index (χ0n) is 12.7. The van der Waals surface area contributed by atoms with Gasteiger partial charge in [-0.3, -0.25) is 4.79 Å². The molecule has 1 fully saturated rings. The highest BCUT2D eigenvalue weighted by Gasteiger charge is 2.30. The van der Waals surface area contributed by atoms with Gasteiger partial charge in [0.2, 0.25) is 0 Å². The monoisotopic (exact) mass is 330 g/mol. The first-order valence-corrected chi connectivity index (χ1v) is 8.81. The summed E-state index contributed by atoms with van der Waals surface area (Å²) in [7, 11) is 0. The molecule has 0 bridgehead atoms. The van der Waals surface area contributed by atoms with E-state index >= 15 is 0 Å². The fraction of sp³-hybridized carbons (Fsp3) is 0.412. The fourth-order valence-electron chi connectivity index (χ4n) is 3.17. The van der Waals surface area contributed by atoms with Crippen molar-refractivity contribution in [1.82, 2.24) is 9.88 Å². The van der Waals surface area contributed by atoms with E-state index in [0.717, 1.165) is 30.8 Å². The Labute approximate surface area is 138 Å². The van der Waals surface area contributed by atoms with E-state index in [9.17, 15) is 4.79 Å². The van der Waals surface area contributed by atoms with Gasteiger partial charge in [-0.2, -0.15) is 0 Å². The third kappa shape index (κ3) is 2.79. The number of rotatable bonds is 2. The average Bonchev–Trinajstić information content (AvgIpc) is 3.15. The minimum atomic E-state index is 0.0434. The van der Waals surface area contributed by atoms with Crippen LogP contribution in [0.4, 0.5) is 0 Å². The van der Waals surface area contributed by atoms with E-state index in [0.29, 0.717) is 30.3 Å². The molecule has 6 heteroatoms. The number of fused-ring (bicyclic) bond motifs is 1. The summed E-state index contributed by atoms with van der Waals surface area (Å²) in [6.45, 7) is 1.85. The summed E-state index contributed by atoms with van der Waals surface area (Å²) in [5, 5.41) is 2.99. The van der Waals surface area contributed by atoms with Crippen LogP contribution < -0.4 is 9.47 Å². The van der Waals surface area contributed by atoms with Gasteiger partial charge in [-0.15, -0.1) is 11.3 Å². The Kier molecular flexibility index (Phi) is 3.91. The quantitative estimate of drug-likeness (QED) is 0.848. The minimum absolute atomic E-state index is 0.0434. The van der Waals surface area contributed by atoms with Crippen molar-refractivity contribution in [3.05, 3.63) is 40.3 Å². The molecule has 0 saturated carbocycles. The van der Waals surface area contributed by atoms with Gasteiger partial charge in [0.25, 0.3) is 5.91 Å². The lowest BCUT2D eigenvalue weighted by Gasteiger charge is -2.34. The maximum absolute atomic E-state index is 13.0. The van der Waals surface area contributed by atoms with Crippen LogP contribution in [0.15, 0.2) is 29.8 Å². The van der Waals surface area contributed by atoms with Crippen molar-refractivity contribution >= 4 is 17.2 Å². The molecule has 0 spiro atoms. The van der Waals surface area contributed by atoms with E-state index in [1.165, 1.54) is 0 Å². The number of piperidine rings is 1. The molecule has 1 amide bonds. The Morgan fingerprint density at radius 3 is 2.91 bits per heavy atom. The number of ether oxygens (including phenoxy) is 2. The molecule has 23 heavy (non-hydrogen) atoms. The number of hydrogen-bond donors (Lipinski definition) is 0. The third-order valence-electron chi connectivity index (χ3n) is 4.29. The second-order valence-corrected chi connectivity index (χ2v) is 6.67. The molecule has 2 aliphatic rings. The van der Waals surface area contributed by atoms with E-state index in [4.69, 9.17) is 9.47 Å². The van der Waals surface area contributed by atoms with E-state index < -0.39 is 0 Å². The molecule has 0 aliphatic carbocycles. The normalized spacial score (nSPS) is 20.3. The molecular weight excluding hydrogens is 312 g/mol. The second-order valence-electron chi connectivity index (χ2n) is 5.74. The SMILES string of the molecule is O=C(c1ccc2c(c1)OCCO2)N1CCCC[C@@H]1c1nccs1. The van der Waals surface area contributed by atoms with Crippen molar-refractivity contribution in [3.63, 3.8) is 0 Å². The molecule has 5 nitrogen and oxygen atoms in total. The van der Waals surface area contributed by atoms with Gasteiger partial charge < -0.3 is 14.4 Å². The predicted molar refractivity (Wildman–Crippen MR) is 87.2 cm³/mol. The minimum Gasteiger partial charge on any atom is -0.486 e. The smallest absolute Gasteiger partial charge is 0.254 e. The number of nitrogens with zero attached hydrogens (tertiary/aromatic N) is 2. The molecule has 1 aromatic heterocycles. The van der Waals surface area contributed by atoms with Crippen molar-refractivity contribution in [2.24, 2.45) is 0 Å². The lowest BCUT2D eigenvalue weighted by Crippen LogP contribution is -2.38. The molecule has 0 unspecified atom stereocenters. The Bertz CT molecular complexity index is 702. The number of aromatic nitrogens is 1. The molecule has 120 valence electrons. The topological polar surface area (TPSA) is 51.7 Å². The zero-order valence-corrected chi connectivity index (χ0v) is 13.6. The van der Waals surface area contributed by atoms with Gasteiger partial charge in [0.15, 0.2) is 11.5 Å². The molecule has 3 heterocycles. The van der Waals surface area contributed by atoms with Crippen LogP contribution in [0, 0.1) is 0 Å². The van der Waals surface area contributed by atoms with Crippen molar-refractivity contribution < 1.29 is 14.3 Å². The molecule has 1 atom stereocenters. The highest BCUT2D eigenvalue weighted by atomic mass is 32.1. The summed E-state index contributed by atoms with van der Waals surface area (Å²) in [5.74, 6) is 1.41. The standard InChI is InChI=1S/C17H18N2O3S/c20-17(12-4-5-14-15(11-12)22-9-8-21-14)19-7-2-1-3-13(19)16-18-6-10-23-16/h4-6,10-11,13H,1-3,7-9H2/t13-/m1/s1. The summed E-state index contributed by atoms with van der Waals surface area (Å²) in [6, 6.07) is 5.53. The highest BCUT2D eigenvalue weighted by Crippen LogP contribution is 2.35. The summed E-state index contributed by atoms with van der Waals surface area (Å²) in [6.07, 6.45) is 4.96. The van der Waals surface area contributed by atoms with Crippen LogP contribution in [-0.4, -0.2) is 35.5 Å².